The van der Waals surface area contributed by atoms with Crippen molar-refractivity contribution in [2.24, 2.45) is 0 Å². The molecule has 0 unspecified atom stereocenters. The molecule has 0 bridgehead atoms. The maximum absolute atomic E-state index is 7.31. The predicted octanol–water partition coefficient (Wildman–Crippen LogP) is 16.6. The number of hydrogen-bond acceptors (Lipinski definition) is 6. The van der Waals surface area contributed by atoms with E-state index in [1.165, 1.54) is 11.1 Å². The Morgan fingerprint density at radius 1 is 0.443 bits per heavy atom. The minimum absolute atomic E-state index is 0.109. The molecule has 0 heterocycles. The molecule has 6 nitrogen and oxygen atoms in total. The first-order chi connectivity index (χ1) is 29.4. The van der Waals surface area contributed by atoms with Gasteiger partial charge in [0.2, 0.25) is 0 Å². The van der Waals surface area contributed by atoms with Gasteiger partial charge in [-0.15, -0.1) is 0 Å². The second-order valence-corrected chi connectivity index (χ2v) is 18.4. The van der Waals surface area contributed by atoms with Crippen LogP contribution in [0.3, 0.4) is 0 Å². The van der Waals surface area contributed by atoms with Crippen molar-refractivity contribution in [1.82, 2.24) is 0 Å². The smallest absolute Gasteiger partial charge is 0.408 e. The molecule has 8 heteroatoms. The highest BCUT2D eigenvalue weighted by Gasteiger charge is 2.33. The summed E-state index contributed by atoms with van der Waals surface area (Å²) in [6.07, 6.45) is 3.80. The number of rotatable bonds is 19. The zero-order chi connectivity index (χ0) is 43.6. The molecule has 0 aliphatic carbocycles. The van der Waals surface area contributed by atoms with Gasteiger partial charge in [-0.05, 0) is 140 Å². The lowest BCUT2D eigenvalue weighted by Gasteiger charge is -2.28. The topological polar surface area (TPSA) is 55.4 Å². The van der Waals surface area contributed by atoms with Gasteiger partial charge in [0.05, 0.1) is 0 Å². The van der Waals surface area contributed by atoms with E-state index in [2.05, 4.69) is 66.7 Å². The van der Waals surface area contributed by atoms with Crippen LogP contribution in [0.5, 0.6) is 34.5 Å². The van der Waals surface area contributed by atoms with Crippen LogP contribution >= 0.6 is 17.2 Å². The molecule has 0 aliphatic rings. The quantitative estimate of drug-likeness (QED) is 0.0757. The molecule has 320 valence electrons. The Balaban J connectivity index is 1.62. The van der Waals surface area contributed by atoms with Crippen molar-refractivity contribution < 1.29 is 27.1 Å². The maximum atomic E-state index is 7.31. The summed E-state index contributed by atoms with van der Waals surface area (Å²) >= 11 is 0. The van der Waals surface area contributed by atoms with Gasteiger partial charge in [0.25, 0.3) is 0 Å². The van der Waals surface area contributed by atoms with Gasteiger partial charge < -0.3 is 27.1 Å². The Labute approximate surface area is 367 Å². The molecule has 0 spiro atoms. The standard InChI is InChI=1S/C53H62O6P2/c1-12-22-42-32-44(35(3)4)52(58-60(54-47-28-18-14-24-37(47)7)55-48-29-19-15-25-38(48)8)46(33-42)51-41(11)43(23-13-2)34-45(36(5)6)53(51)59-61(56-49-30-20-16-26-39(49)9)57-50-31-21-17-27-40(50)10/h14-21,24-36H,12-13,22-23H2,1-11H3. The predicted molar refractivity (Wildman–Crippen MR) is 255 cm³/mol. The summed E-state index contributed by atoms with van der Waals surface area (Å²) in [7, 11) is -4.04. The van der Waals surface area contributed by atoms with Crippen molar-refractivity contribution in [3.8, 4) is 45.6 Å². The van der Waals surface area contributed by atoms with Gasteiger partial charge in [-0.25, -0.2) is 0 Å². The summed E-state index contributed by atoms with van der Waals surface area (Å²) in [5, 5.41) is 0. The van der Waals surface area contributed by atoms with Crippen LogP contribution in [0.25, 0.3) is 11.1 Å². The first kappa shape index (κ1) is 45.5. The van der Waals surface area contributed by atoms with E-state index in [0.29, 0.717) is 28.7 Å². The third kappa shape index (κ3) is 11.3. The number of para-hydroxylation sites is 4. The van der Waals surface area contributed by atoms with Crippen LogP contribution < -0.4 is 27.1 Å². The van der Waals surface area contributed by atoms with E-state index >= 15 is 0 Å². The van der Waals surface area contributed by atoms with Gasteiger partial charge in [-0.3, -0.25) is 0 Å². The zero-order valence-electron chi connectivity index (χ0n) is 37.8. The second-order valence-electron chi connectivity index (χ2n) is 16.4. The Bertz CT molecular complexity index is 2310. The molecule has 0 N–H and O–H groups in total. The highest BCUT2D eigenvalue weighted by molar-refractivity contribution is 7.43. The van der Waals surface area contributed by atoms with E-state index in [9.17, 15) is 0 Å². The first-order valence-corrected chi connectivity index (χ1v) is 23.8. The first-order valence-electron chi connectivity index (χ1n) is 21.6. The van der Waals surface area contributed by atoms with Crippen LogP contribution in [0.2, 0.25) is 0 Å². The number of hydrogen-bond donors (Lipinski definition) is 0. The normalized spacial score (nSPS) is 11.4. The van der Waals surface area contributed by atoms with E-state index in [-0.39, 0.29) is 11.8 Å². The van der Waals surface area contributed by atoms with Crippen LogP contribution in [0, 0.1) is 34.6 Å². The molecule has 6 rings (SSSR count). The Morgan fingerprint density at radius 2 is 0.820 bits per heavy atom. The Kier molecular flexibility index (Phi) is 15.8. The van der Waals surface area contributed by atoms with Gasteiger partial charge in [0.15, 0.2) is 0 Å². The number of benzene rings is 6. The molecular formula is C53H62O6P2. The molecule has 0 saturated carbocycles. The lowest BCUT2D eigenvalue weighted by Crippen LogP contribution is -2.10. The molecule has 61 heavy (non-hydrogen) atoms. The molecular weight excluding hydrogens is 795 g/mol. The minimum atomic E-state index is -2.02. The fraction of sp³-hybridized carbons (Fsp3) is 0.321. The van der Waals surface area contributed by atoms with Gasteiger partial charge in [-0.2, -0.15) is 0 Å². The summed E-state index contributed by atoms with van der Waals surface area (Å²) < 4.78 is 41.7. The Morgan fingerprint density at radius 3 is 1.20 bits per heavy atom. The number of aryl methyl sites for hydroxylation is 6. The highest BCUT2D eigenvalue weighted by atomic mass is 31.2. The second kappa shape index (κ2) is 21.2. The molecule has 0 radical (unpaired) electrons. The van der Waals surface area contributed by atoms with E-state index in [0.717, 1.165) is 81.5 Å². The van der Waals surface area contributed by atoms with E-state index in [4.69, 9.17) is 27.1 Å². The Hall–Kier alpha value is -5.02. The minimum Gasteiger partial charge on any atom is -0.408 e. The summed E-state index contributed by atoms with van der Waals surface area (Å²) in [6.45, 7) is 23.7. The molecule has 0 aliphatic heterocycles. The van der Waals surface area contributed by atoms with Crippen LogP contribution in [0.15, 0.2) is 115 Å². The van der Waals surface area contributed by atoms with Gasteiger partial charge in [-0.1, -0.05) is 139 Å². The summed E-state index contributed by atoms with van der Waals surface area (Å²) in [5.74, 6) is 4.47. The summed E-state index contributed by atoms with van der Waals surface area (Å²) in [5.41, 5.74) is 11.6. The third-order valence-corrected chi connectivity index (χ3v) is 12.9. The lowest BCUT2D eigenvalue weighted by atomic mass is 9.84. The largest absolute Gasteiger partial charge is 0.530 e. The van der Waals surface area contributed by atoms with Crippen LogP contribution in [0.4, 0.5) is 0 Å². The fourth-order valence-electron chi connectivity index (χ4n) is 7.30. The molecule has 0 aromatic heterocycles. The molecule has 0 fully saturated rings. The fourth-order valence-corrected chi connectivity index (χ4v) is 9.68. The average molecular weight is 857 g/mol. The van der Waals surface area contributed by atoms with Gasteiger partial charge >= 0.3 is 17.2 Å². The summed E-state index contributed by atoms with van der Waals surface area (Å²) in [6, 6.07) is 38.9. The van der Waals surface area contributed by atoms with E-state index in [1.807, 2.05) is 125 Å². The third-order valence-electron chi connectivity index (χ3n) is 10.8. The zero-order valence-corrected chi connectivity index (χ0v) is 39.6. The van der Waals surface area contributed by atoms with Gasteiger partial charge in [0, 0.05) is 11.1 Å². The van der Waals surface area contributed by atoms with Crippen LogP contribution in [0.1, 0.15) is 116 Å². The van der Waals surface area contributed by atoms with E-state index in [1.54, 1.807) is 0 Å². The maximum Gasteiger partial charge on any atom is 0.530 e. The van der Waals surface area contributed by atoms with E-state index < -0.39 is 17.2 Å². The van der Waals surface area contributed by atoms with Crippen molar-refractivity contribution in [3.05, 3.63) is 165 Å². The van der Waals surface area contributed by atoms with Crippen molar-refractivity contribution >= 4 is 17.2 Å². The van der Waals surface area contributed by atoms with Crippen LogP contribution in [-0.2, 0) is 12.8 Å². The molecule has 6 aromatic carbocycles. The lowest BCUT2D eigenvalue weighted by molar-refractivity contribution is 0.381. The highest BCUT2D eigenvalue weighted by Crippen LogP contribution is 2.55. The summed E-state index contributed by atoms with van der Waals surface area (Å²) in [4.78, 5) is 0. The van der Waals surface area contributed by atoms with Crippen molar-refractivity contribution in [3.63, 3.8) is 0 Å². The SMILES string of the molecule is CCCc1cc(-c2c(C)c(CCC)cc(C(C)C)c2OP(Oc2ccccc2C)Oc2ccccc2C)c(OP(Oc2ccccc2C)Oc2ccccc2C)c(C(C)C)c1. The van der Waals surface area contributed by atoms with Crippen molar-refractivity contribution in [1.29, 1.82) is 0 Å². The molecule has 6 aromatic rings. The monoisotopic (exact) mass is 856 g/mol. The van der Waals surface area contributed by atoms with Crippen molar-refractivity contribution in [2.75, 3.05) is 0 Å². The van der Waals surface area contributed by atoms with Gasteiger partial charge in [0.1, 0.15) is 34.5 Å². The average Bonchev–Trinajstić information content (AvgIpc) is 3.22. The molecule has 0 amide bonds. The van der Waals surface area contributed by atoms with Crippen molar-refractivity contribution in [2.45, 2.75) is 114 Å². The molecule has 0 saturated heterocycles. The van der Waals surface area contributed by atoms with Crippen LogP contribution in [-0.4, -0.2) is 0 Å². The molecule has 0 atom stereocenters.